The molecule has 0 bridgehead atoms. The first kappa shape index (κ1) is 27.9. The molecule has 0 aromatic heterocycles. The predicted octanol–water partition coefficient (Wildman–Crippen LogP) is 6.78. The molecule has 0 aliphatic carbocycles. The Morgan fingerprint density at radius 1 is 1.11 bits per heavy atom. The number of nitrogens with zero attached hydrogens (tertiary/aromatic N) is 1. The van der Waals surface area contributed by atoms with E-state index < -0.39 is 0 Å². The van der Waals surface area contributed by atoms with Gasteiger partial charge in [-0.3, -0.25) is 4.79 Å². The summed E-state index contributed by atoms with van der Waals surface area (Å²) in [5, 5.41) is 11.3. The van der Waals surface area contributed by atoms with E-state index in [1.807, 2.05) is 71.6 Å². The van der Waals surface area contributed by atoms with E-state index in [1.165, 1.54) is 0 Å². The highest BCUT2D eigenvalue weighted by atomic mass is 35.5. The molecule has 37 heavy (non-hydrogen) atoms. The zero-order valence-corrected chi connectivity index (χ0v) is 22.4. The van der Waals surface area contributed by atoms with Gasteiger partial charge in [0, 0.05) is 29.4 Å². The second-order valence-corrected chi connectivity index (χ2v) is 10.2. The second kappa shape index (κ2) is 12.5. The summed E-state index contributed by atoms with van der Waals surface area (Å²) in [6.07, 6.45) is 0.319. The molecule has 1 atom stereocenters. The van der Waals surface area contributed by atoms with Gasteiger partial charge in [0.15, 0.2) is 12.2 Å². The van der Waals surface area contributed by atoms with Crippen molar-refractivity contribution in [2.45, 2.75) is 39.0 Å². The largest absolute Gasteiger partial charge is 0.504 e. The molecule has 1 unspecified atom stereocenters. The number of aliphatic hydroxyl groups is 1. The molecule has 2 aliphatic heterocycles. The molecular weight excluding hydrogens is 488 g/mol. The van der Waals surface area contributed by atoms with Crippen molar-refractivity contribution in [3.8, 4) is 5.75 Å². The van der Waals surface area contributed by atoms with Crippen molar-refractivity contribution in [2.24, 2.45) is 0 Å². The van der Waals surface area contributed by atoms with Crippen LogP contribution in [0.4, 0.5) is 11.4 Å². The summed E-state index contributed by atoms with van der Waals surface area (Å²) < 4.78 is 5.36. The number of halogens is 1. The van der Waals surface area contributed by atoms with Crippen molar-refractivity contribution in [1.29, 1.82) is 0 Å². The third kappa shape index (κ3) is 6.94. The number of ether oxygens (including phenoxy) is 1. The zero-order valence-electron chi connectivity index (χ0n) is 21.6. The maximum Gasteiger partial charge on any atom is 0.258 e. The molecule has 6 nitrogen and oxygen atoms in total. The number of fused-ring (bicyclic) bond motifs is 2. The van der Waals surface area contributed by atoms with Gasteiger partial charge in [-0.15, -0.1) is 0 Å². The lowest BCUT2D eigenvalue weighted by molar-refractivity contribution is 0.0977. The summed E-state index contributed by atoms with van der Waals surface area (Å²) in [5.74, 6) is 2.44. The van der Waals surface area contributed by atoms with Crippen molar-refractivity contribution in [3.63, 3.8) is 0 Å². The number of amides is 1. The first-order valence-electron chi connectivity index (χ1n) is 12.2. The van der Waals surface area contributed by atoms with Crippen LogP contribution in [0.15, 0.2) is 73.0 Å². The van der Waals surface area contributed by atoms with E-state index in [0.717, 1.165) is 52.9 Å². The molecule has 0 radical (unpaired) electrons. The predicted molar refractivity (Wildman–Crippen MR) is 150 cm³/mol. The smallest absolute Gasteiger partial charge is 0.258 e. The van der Waals surface area contributed by atoms with Gasteiger partial charge in [0.25, 0.3) is 5.91 Å². The summed E-state index contributed by atoms with van der Waals surface area (Å²) in [6.45, 7) is 10.9. The van der Waals surface area contributed by atoms with Gasteiger partial charge in [0.1, 0.15) is 12.4 Å². The van der Waals surface area contributed by atoms with E-state index in [2.05, 4.69) is 33.0 Å². The van der Waals surface area contributed by atoms with Crippen LogP contribution in [0, 0.1) is 0 Å². The Morgan fingerprint density at radius 2 is 1.78 bits per heavy atom. The number of hydrogen-bond donors (Lipinski definition) is 2. The second-order valence-electron chi connectivity index (χ2n) is 9.84. The monoisotopic (exact) mass is 520 g/mol. The van der Waals surface area contributed by atoms with Gasteiger partial charge in [0.2, 0.25) is 0 Å². The Kier molecular flexibility index (Phi) is 9.40. The zero-order chi connectivity index (χ0) is 27.0. The lowest BCUT2D eigenvalue weighted by atomic mass is 9.86. The first-order valence-corrected chi connectivity index (χ1v) is 12.5. The van der Waals surface area contributed by atoms with Crippen LogP contribution in [-0.4, -0.2) is 36.7 Å². The Bertz CT molecular complexity index is 1250. The Balaban J connectivity index is 0.000000223. The van der Waals surface area contributed by atoms with Crippen molar-refractivity contribution >= 4 is 34.8 Å². The van der Waals surface area contributed by atoms with Crippen molar-refractivity contribution < 1.29 is 19.4 Å². The lowest BCUT2D eigenvalue weighted by Gasteiger charge is -2.33. The molecule has 0 saturated heterocycles. The Labute approximate surface area is 223 Å². The van der Waals surface area contributed by atoms with Gasteiger partial charge in [-0.25, -0.2) is 4.79 Å². The molecule has 2 N–H and O–H groups in total. The van der Waals surface area contributed by atoms with Crippen molar-refractivity contribution in [2.75, 3.05) is 29.9 Å². The van der Waals surface area contributed by atoms with Crippen LogP contribution in [0.2, 0.25) is 5.02 Å². The number of para-hydroxylation sites is 2. The van der Waals surface area contributed by atoms with E-state index in [0.29, 0.717) is 23.7 Å². The molecule has 3 aromatic carbocycles. The molecule has 194 valence electrons. The molecule has 0 spiro atoms. The van der Waals surface area contributed by atoms with Crippen LogP contribution in [-0.2, 0) is 10.2 Å². The standard InChI is InChI=1S/C20H22ClNO.C8H9NO.C2H2O2/c1-13-12-22(19(23)16-8-6-5-7-15(13)16)14-9-10-17(18(21)11-14)20(2,3)4;1-2-4-8-7(3-1)9-5-6-10-8;3-1-2-4/h5-11,13H,12H2,1-4H3;1-4,9H,5-6H2;1,3H. The van der Waals surface area contributed by atoms with E-state index in [-0.39, 0.29) is 11.3 Å². The SMILES string of the molecule is CC1CN(c2ccc(C(C)(C)C)c(Cl)c2)C(=O)c2ccccc21.O=C=CO.c1ccc2c(c1)NCCO2. The fourth-order valence-corrected chi connectivity index (χ4v) is 4.77. The summed E-state index contributed by atoms with van der Waals surface area (Å²) in [6, 6.07) is 21.8. The number of hydrogen-bond acceptors (Lipinski definition) is 5. The van der Waals surface area contributed by atoms with Crippen LogP contribution < -0.4 is 15.0 Å². The molecule has 2 heterocycles. The minimum atomic E-state index is -0.0125. The maximum absolute atomic E-state index is 12.8. The normalized spacial score (nSPS) is 15.6. The minimum absolute atomic E-state index is 0.0125. The minimum Gasteiger partial charge on any atom is -0.504 e. The quantitative estimate of drug-likeness (QED) is 0.273. The van der Waals surface area contributed by atoms with E-state index in [4.69, 9.17) is 26.2 Å². The maximum atomic E-state index is 12.8. The van der Waals surface area contributed by atoms with Gasteiger partial charge < -0.3 is 20.1 Å². The van der Waals surface area contributed by atoms with E-state index in [1.54, 1.807) is 0 Å². The molecular formula is C30H33ClN2O4. The number of carbonyl (C=O) groups is 1. The Hall–Kier alpha value is -3.73. The average Bonchev–Trinajstić information content (AvgIpc) is 2.90. The summed E-state index contributed by atoms with van der Waals surface area (Å²) in [4.78, 5) is 23.4. The molecule has 2 aliphatic rings. The lowest BCUT2D eigenvalue weighted by Crippen LogP contribution is -2.39. The number of anilines is 2. The van der Waals surface area contributed by atoms with Crippen LogP contribution in [0.3, 0.4) is 0 Å². The highest BCUT2D eigenvalue weighted by molar-refractivity contribution is 6.32. The average molecular weight is 521 g/mol. The molecule has 7 heteroatoms. The molecule has 5 rings (SSSR count). The number of benzene rings is 3. The first-order chi connectivity index (χ1) is 17.7. The summed E-state index contributed by atoms with van der Waals surface area (Å²) in [5.41, 5.74) is 4.99. The van der Waals surface area contributed by atoms with E-state index in [9.17, 15) is 4.79 Å². The topological polar surface area (TPSA) is 78.9 Å². The highest BCUT2D eigenvalue weighted by Crippen LogP contribution is 2.36. The van der Waals surface area contributed by atoms with Crippen LogP contribution >= 0.6 is 11.6 Å². The van der Waals surface area contributed by atoms with Gasteiger partial charge in [-0.1, -0.05) is 75.7 Å². The number of carbonyl (C=O) groups excluding carboxylic acids is 2. The van der Waals surface area contributed by atoms with Gasteiger partial charge >= 0.3 is 0 Å². The van der Waals surface area contributed by atoms with Crippen molar-refractivity contribution in [3.05, 3.63) is 94.7 Å². The third-order valence-corrected chi connectivity index (χ3v) is 6.42. The fraction of sp³-hybridized carbons (Fsp3) is 0.300. The van der Waals surface area contributed by atoms with Crippen LogP contribution in [0.5, 0.6) is 5.75 Å². The third-order valence-electron chi connectivity index (χ3n) is 6.11. The molecule has 0 saturated carbocycles. The summed E-state index contributed by atoms with van der Waals surface area (Å²) >= 11 is 6.48. The number of nitrogens with one attached hydrogen (secondary N) is 1. The van der Waals surface area contributed by atoms with Crippen molar-refractivity contribution in [1.82, 2.24) is 0 Å². The van der Waals surface area contributed by atoms with Crippen LogP contribution in [0.25, 0.3) is 0 Å². The molecule has 3 aromatic rings. The number of rotatable bonds is 1. The summed E-state index contributed by atoms with van der Waals surface area (Å²) in [7, 11) is 0. The highest BCUT2D eigenvalue weighted by Gasteiger charge is 2.30. The molecule has 0 fully saturated rings. The van der Waals surface area contributed by atoms with Gasteiger partial charge in [0.05, 0.1) is 5.69 Å². The van der Waals surface area contributed by atoms with E-state index >= 15 is 0 Å². The fourth-order valence-electron chi connectivity index (χ4n) is 4.31. The number of aliphatic hydroxyl groups excluding tert-OH is 1. The van der Waals surface area contributed by atoms with Gasteiger partial charge in [-0.05, 0) is 52.8 Å². The molecule has 1 amide bonds. The van der Waals surface area contributed by atoms with Gasteiger partial charge in [-0.2, -0.15) is 0 Å². The Morgan fingerprint density at radius 3 is 2.43 bits per heavy atom. The van der Waals surface area contributed by atoms with Crippen LogP contribution in [0.1, 0.15) is 55.1 Å².